The van der Waals surface area contributed by atoms with E-state index < -0.39 is 0 Å². The molecular formula is C24H23N3OS2. The standard InChI is InChI=1S/C24H23N3OS2/c28-24(21-10-4-5-11-22(21)30-18-20-9-6-16-29-20)26-13-12-23-25-14-15-27(23)17-19-7-2-1-3-8-19/h1-11,14-16H,12-13,17-18H2,(H,26,28). The maximum atomic E-state index is 12.8. The molecule has 1 amide bonds. The van der Waals surface area contributed by atoms with Crippen molar-refractivity contribution >= 4 is 29.0 Å². The van der Waals surface area contributed by atoms with Gasteiger partial charge in [-0.25, -0.2) is 4.98 Å². The van der Waals surface area contributed by atoms with Crippen LogP contribution in [0.3, 0.4) is 0 Å². The molecule has 0 atom stereocenters. The zero-order chi connectivity index (χ0) is 20.6. The minimum atomic E-state index is -0.0366. The van der Waals surface area contributed by atoms with Crippen LogP contribution in [0.4, 0.5) is 0 Å². The lowest BCUT2D eigenvalue weighted by Gasteiger charge is -2.11. The van der Waals surface area contributed by atoms with Crippen molar-refractivity contribution in [2.24, 2.45) is 0 Å². The predicted molar refractivity (Wildman–Crippen MR) is 124 cm³/mol. The molecule has 0 unspecified atom stereocenters. The van der Waals surface area contributed by atoms with Gasteiger partial charge in [-0.05, 0) is 29.1 Å². The number of thiophene rings is 1. The van der Waals surface area contributed by atoms with Gasteiger partial charge in [-0.1, -0.05) is 48.5 Å². The predicted octanol–water partition coefficient (Wildman–Crippen LogP) is 5.26. The number of benzene rings is 2. The van der Waals surface area contributed by atoms with Crippen LogP contribution in [-0.4, -0.2) is 22.0 Å². The summed E-state index contributed by atoms with van der Waals surface area (Å²) in [7, 11) is 0. The molecule has 2 aromatic carbocycles. The molecule has 0 radical (unpaired) electrons. The second-order valence-corrected chi connectivity index (χ2v) is 8.88. The molecule has 2 aromatic heterocycles. The third-order valence-corrected chi connectivity index (χ3v) is 6.89. The maximum Gasteiger partial charge on any atom is 0.252 e. The average Bonchev–Trinajstić information content (AvgIpc) is 3.45. The zero-order valence-electron chi connectivity index (χ0n) is 16.5. The van der Waals surface area contributed by atoms with Crippen LogP contribution in [0.2, 0.25) is 0 Å². The number of hydrogen-bond donors (Lipinski definition) is 1. The summed E-state index contributed by atoms with van der Waals surface area (Å²) in [6.07, 6.45) is 4.49. The third-order valence-electron chi connectivity index (χ3n) is 4.71. The fraction of sp³-hybridized carbons (Fsp3) is 0.167. The van der Waals surface area contributed by atoms with Gasteiger partial charge < -0.3 is 9.88 Å². The van der Waals surface area contributed by atoms with Crippen LogP contribution in [-0.2, 0) is 18.7 Å². The molecule has 0 aliphatic carbocycles. The number of thioether (sulfide) groups is 1. The lowest BCUT2D eigenvalue weighted by atomic mass is 10.2. The van der Waals surface area contributed by atoms with Crippen molar-refractivity contribution in [1.82, 2.24) is 14.9 Å². The monoisotopic (exact) mass is 433 g/mol. The summed E-state index contributed by atoms with van der Waals surface area (Å²) in [5.74, 6) is 1.81. The van der Waals surface area contributed by atoms with Gasteiger partial charge in [0.05, 0.1) is 5.56 Å². The van der Waals surface area contributed by atoms with E-state index in [9.17, 15) is 4.79 Å². The molecular weight excluding hydrogens is 410 g/mol. The minimum absolute atomic E-state index is 0.0366. The number of rotatable bonds is 9. The Morgan fingerprint density at radius 2 is 1.87 bits per heavy atom. The fourth-order valence-electron chi connectivity index (χ4n) is 3.20. The molecule has 0 bridgehead atoms. The molecule has 0 aliphatic heterocycles. The van der Waals surface area contributed by atoms with E-state index in [0.717, 1.165) is 28.6 Å². The number of nitrogens with one attached hydrogen (secondary N) is 1. The molecule has 6 heteroatoms. The number of hydrogen-bond acceptors (Lipinski definition) is 4. The molecule has 0 saturated heterocycles. The highest BCUT2D eigenvalue weighted by Crippen LogP contribution is 2.27. The van der Waals surface area contributed by atoms with Crippen LogP contribution in [0.15, 0.2) is 89.4 Å². The highest BCUT2D eigenvalue weighted by atomic mass is 32.2. The summed E-state index contributed by atoms with van der Waals surface area (Å²) in [6, 6.07) is 22.3. The van der Waals surface area contributed by atoms with Gasteiger partial charge >= 0.3 is 0 Å². The lowest BCUT2D eigenvalue weighted by molar-refractivity contribution is 0.0951. The molecule has 1 N–H and O–H groups in total. The summed E-state index contributed by atoms with van der Waals surface area (Å²) < 4.78 is 2.13. The third kappa shape index (κ3) is 5.40. The van der Waals surface area contributed by atoms with Crippen LogP contribution in [0, 0.1) is 0 Å². The summed E-state index contributed by atoms with van der Waals surface area (Å²) >= 11 is 3.44. The van der Waals surface area contributed by atoms with E-state index in [1.54, 1.807) is 23.1 Å². The molecule has 0 fully saturated rings. The first kappa shape index (κ1) is 20.4. The van der Waals surface area contributed by atoms with Crippen molar-refractivity contribution in [3.05, 3.63) is 106 Å². The molecule has 30 heavy (non-hydrogen) atoms. The highest BCUT2D eigenvalue weighted by Gasteiger charge is 2.12. The molecule has 0 aliphatic rings. The van der Waals surface area contributed by atoms with Crippen molar-refractivity contribution in [3.63, 3.8) is 0 Å². The Kier molecular flexibility index (Phi) is 7.00. The maximum absolute atomic E-state index is 12.8. The smallest absolute Gasteiger partial charge is 0.252 e. The fourth-order valence-corrected chi connectivity index (χ4v) is 5.02. The van der Waals surface area contributed by atoms with E-state index in [0.29, 0.717) is 13.0 Å². The average molecular weight is 434 g/mol. The molecule has 0 spiro atoms. The second kappa shape index (κ2) is 10.3. The van der Waals surface area contributed by atoms with Gasteiger partial charge in [-0.2, -0.15) is 0 Å². The van der Waals surface area contributed by atoms with E-state index in [-0.39, 0.29) is 5.91 Å². The number of carbonyl (C=O) groups is 1. The molecule has 152 valence electrons. The molecule has 4 rings (SSSR count). The van der Waals surface area contributed by atoms with Crippen LogP contribution < -0.4 is 5.32 Å². The SMILES string of the molecule is O=C(NCCc1nccn1Cc1ccccc1)c1ccccc1SCc1cccs1. The normalized spacial score (nSPS) is 10.8. The van der Waals surface area contributed by atoms with Gasteiger partial charge in [0.25, 0.3) is 5.91 Å². The largest absolute Gasteiger partial charge is 0.352 e. The number of amides is 1. The number of aromatic nitrogens is 2. The first-order valence-corrected chi connectivity index (χ1v) is 11.7. The van der Waals surface area contributed by atoms with E-state index in [4.69, 9.17) is 0 Å². The van der Waals surface area contributed by atoms with Crippen molar-refractivity contribution in [2.75, 3.05) is 6.54 Å². The molecule has 2 heterocycles. The lowest BCUT2D eigenvalue weighted by Crippen LogP contribution is -2.27. The van der Waals surface area contributed by atoms with Crippen LogP contribution in [0.1, 0.15) is 26.6 Å². The highest BCUT2D eigenvalue weighted by molar-refractivity contribution is 7.98. The quantitative estimate of drug-likeness (QED) is 0.366. The summed E-state index contributed by atoms with van der Waals surface area (Å²) in [5, 5.41) is 5.14. The molecule has 4 nitrogen and oxygen atoms in total. The minimum Gasteiger partial charge on any atom is -0.352 e. The van der Waals surface area contributed by atoms with Gasteiger partial charge in [-0.15, -0.1) is 23.1 Å². The van der Waals surface area contributed by atoms with E-state index in [2.05, 4.69) is 44.5 Å². The van der Waals surface area contributed by atoms with Crippen molar-refractivity contribution in [3.8, 4) is 0 Å². The van der Waals surface area contributed by atoms with Crippen molar-refractivity contribution in [1.29, 1.82) is 0 Å². The van der Waals surface area contributed by atoms with Gasteiger partial charge in [0.1, 0.15) is 5.82 Å². The van der Waals surface area contributed by atoms with Gasteiger partial charge in [0.2, 0.25) is 0 Å². The Hall–Kier alpha value is -2.83. The number of imidazole rings is 1. The number of carbonyl (C=O) groups excluding carboxylic acids is 1. The first-order chi connectivity index (χ1) is 14.8. The van der Waals surface area contributed by atoms with Crippen LogP contribution in [0.25, 0.3) is 0 Å². The Morgan fingerprint density at radius 1 is 1.03 bits per heavy atom. The second-order valence-electron chi connectivity index (χ2n) is 6.83. The summed E-state index contributed by atoms with van der Waals surface area (Å²) in [4.78, 5) is 19.6. The number of nitrogens with zero attached hydrogens (tertiary/aromatic N) is 2. The first-order valence-electron chi connectivity index (χ1n) is 9.86. The van der Waals surface area contributed by atoms with E-state index >= 15 is 0 Å². The summed E-state index contributed by atoms with van der Waals surface area (Å²) in [6.45, 7) is 1.33. The zero-order valence-corrected chi connectivity index (χ0v) is 18.2. The molecule has 0 saturated carbocycles. The van der Waals surface area contributed by atoms with Gasteiger partial charge in [-0.3, -0.25) is 4.79 Å². The van der Waals surface area contributed by atoms with Crippen LogP contribution >= 0.6 is 23.1 Å². The Bertz CT molecular complexity index is 1070. The van der Waals surface area contributed by atoms with Crippen molar-refractivity contribution < 1.29 is 4.79 Å². The van der Waals surface area contributed by atoms with Crippen molar-refractivity contribution in [2.45, 2.75) is 23.6 Å². The Morgan fingerprint density at radius 3 is 2.70 bits per heavy atom. The topological polar surface area (TPSA) is 46.9 Å². The summed E-state index contributed by atoms with van der Waals surface area (Å²) in [5.41, 5.74) is 1.96. The Labute approximate surface area is 185 Å². The van der Waals surface area contributed by atoms with Gasteiger partial charge in [0, 0.05) is 47.4 Å². The van der Waals surface area contributed by atoms with Crippen LogP contribution in [0.5, 0.6) is 0 Å². The van der Waals surface area contributed by atoms with Gasteiger partial charge in [0.15, 0.2) is 0 Å². The van der Waals surface area contributed by atoms with E-state index in [1.807, 2.05) is 54.9 Å². The molecule has 4 aromatic rings. The van der Waals surface area contributed by atoms with E-state index in [1.165, 1.54) is 10.4 Å². The Balaban J connectivity index is 1.33.